The first-order chi connectivity index (χ1) is 7.81. The number of hydrogen-bond acceptors (Lipinski definition) is 2. The van der Waals surface area contributed by atoms with Gasteiger partial charge in [-0.05, 0) is 30.4 Å². The lowest BCUT2D eigenvalue weighted by Gasteiger charge is -2.04. The number of unbranched alkanes of at least 4 members (excludes halogenated alkanes) is 2. The highest BCUT2D eigenvalue weighted by Crippen LogP contribution is 2.10. The Morgan fingerprint density at radius 2 is 1.81 bits per heavy atom. The number of aryl methyl sites for hydroxylation is 1. The second-order valence-corrected chi connectivity index (χ2v) is 4.05. The maximum absolute atomic E-state index is 8.81. The van der Waals surface area contributed by atoms with E-state index in [1.54, 1.807) is 0 Å². The first-order valence-corrected chi connectivity index (χ1v) is 6.12. The molecule has 0 saturated heterocycles. The van der Waals surface area contributed by atoms with Crippen LogP contribution < -0.4 is 0 Å². The Morgan fingerprint density at radius 1 is 1.12 bits per heavy atom. The lowest BCUT2D eigenvalue weighted by atomic mass is 10.0. The van der Waals surface area contributed by atoms with Gasteiger partial charge in [0.15, 0.2) is 0 Å². The summed E-state index contributed by atoms with van der Waals surface area (Å²) >= 11 is 0. The Balaban J connectivity index is 2.60. The topological polar surface area (TPSA) is 32.6 Å². The van der Waals surface area contributed by atoms with Gasteiger partial charge in [0, 0.05) is 0 Å². The highest BCUT2D eigenvalue weighted by molar-refractivity contribution is 5.99. The molecule has 0 aliphatic rings. The van der Waals surface area contributed by atoms with Gasteiger partial charge in [0.2, 0.25) is 0 Å². The molecule has 0 aliphatic carbocycles. The molecule has 0 amide bonds. The summed E-state index contributed by atoms with van der Waals surface area (Å²) in [5, 5.41) is 12.1. The number of benzene rings is 1. The third kappa shape index (κ3) is 3.69. The first kappa shape index (κ1) is 12.8. The standard InChI is InChI=1S/C14H21NO/c1-3-5-6-7-12-8-10-13(11-9-12)14(4-2)15-16/h8-11,16H,3-7H2,1-2H3. The van der Waals surface area contributed by atoms with Crippen molar-refractivity contribution in [3.63, 3.8) is 0 Å². The van der Waals surface area contributed by atoms with Gasteiger partial charge < -0.3 is 5.21 Å². The monoisotopic (exact) mass is 219 g/mol. The highest BCUT2D eigenvalue weighted by atomic mass is 16.4. The van der Waals surface area contributed by atoms with Crippen molar-refractivity contribution >= 4 is 5.71 Å². The molecule has 0 spiro atoms. The molecule has 16 heavy (non-hydrogen) atoms. The van der Waals surface area contributed by atoms with Crippen molar-refractivity contribution < 1.29 is 5.21 Å². The number of nitrogens with zero attached hydrogens (tertiary/aromatic N) is 1. The Kier molecular flexibility index (Phi) is 5.62. The van der Waals surface area contributed by atoms with Crippen LogP contribution in [0.25, 0.3) is 0 Å². The SMILES string of the molecule is CCCCCc1ccc(C(CC)=NO)cc1. The van der Waals surface area contributed by atoms with Crippen LogP contribution in [-0.4, -0.2) is 10.9 Å². The molecule has 0 unspecified atom stereocenters. The second kappa shape index (κ2) is 7.04. The molecule has 0 radical (unpaired) electrons. The molecular weight excluding hydrogens is 198 g/mol. The van der Waals surface area contributed by atoms with Gasteiger partial charge in [-0.3, -0.25) is 0 Å². The van der Waals surface area contributed by atoms with Crippen LogP contribution in [0, 0.1) is 0 Å². The fraction of sp³-hybridized carbons (Fsp3) is 0.500. The minimum absolute atomic E-state index is 0.750. The predicted octanol–water partition coefficient (Wildman–Crippen LogP) is 4.01. The Bertz CT molecular complexity index is 327. The molecular formula is C14H21NO. The summed E-state index contributed by atoms with van der Waals surface area (Å²) in [6, 6.07) is 8.34. The van der Waals surface area contributed by atoms with Crippen molar-refractivity contribution in [3.8, 4) is 0 Å². The molecule has 0 aromatic heterocycles. The van der Waals surface area contributed by atoms with Crippen LogP contribution in [-0.2, 0) is 6.42 Å². The largest absolute Gasteiger partial charge is 0.411 e. The van der Waals surface area contributed by atoms with E-state index >= 15 is 0 Å². The lowest BCUT2D eigenvalue weighted by Crippen LogP contribution is -1.98. The van der Waals surface area contributed by atoms with E-state index in [0.29, 0.717) is 0 Å². The maximum Gasteiger partial charge on any atom is 0.0865 e. The summed E-state index contributed by atoms with van der Waals surface area (Å²) in [5.41, 5.74) is 3.13. The van der Waals surface area contributed by atoms with Crippen molar-refractivity contribution in [2.24, 2.45) is 5.16 Å². The molecule has 2 nitrogen and oxygen atoms in total. The average Bonchev–Trinajstić information content (AvgIpc) is 2.33. The summed E-state index contributed by atoms with van der Waals surface area (Å²) in [6.07, 6.45) is 5.71. The van der Waals surface area contributed by atoms with E-state index in [4.69, 9.17) is 5.21 Å². The summed E-state index contributed by atoms with van der Waals surface area (Å²) in [7, 11) is 0. The molecule has 0 aliphatic heterocycles. The van der Waals surface area contributed by atoms with Crippen LogP contribution in [0.2, 0.25) is 0 Å². The van der Waals surface area contributed by atoms with Gasteiger partial charge in [-0.1, -0.05) is 56.1 Å². The zero-order valence-corrected chi connectivity index (χ0v) is 10.2. The van der Waals surface area contributed by atoms with Gasteiger partial charge in [0.25, 0.3) is 0 Å². The van der Waals surface area contributed by atoms with E-state index in [2.05, 4.69) is 24.2 Å². The smallest absolute Gasteiger partial charge is 0.0865 e. The van der Waals surface area contributed by atoms with Crippen LogP contribution in [0.15, 0.2) is 29.4 Å². The van der Waals surface area contributed by atoms with Gasteiger partial charge in [0.05, 0.1) is 5.71 Å². The van der Waals surface area contributed by atoms with Crippen molar-refractivity contribution in [2.45, 2.75) is 46.0 Å². The summed E-state index contributed by atoms with van der Waals surface area (Å²) < 4.78 is 0. The molecule has 1 rings (SSSR count). The molecule has 1 aromatic rings. The molecule has 88 valence electrons. The van der Waals surface area contributed by atoms with Crippen molar-refractivity contribution in [3.05, 3.63) is 35.4 Å². The van der Waals surface area contributed by atoms with Crippen LogP contribution in [0.1, 0.15) is 50.7 Å². The predicted molar refractivity (Wildman–Crippen MR) is 68.3 cm³/mol. The highest BCUT2D eigenvalue weighted by Gasteiger charge is 2.01. The molecule has 0 atom stereocenters. The van der Waals surface area contributed by atoms with E-state index in [-0.39, 0.29) is 0 Å². The average molecular weight is 219 g/mol. The van der Waals surface area contributed by atoms with E-state index in [1.807, 2.05) is 19.1 Å². The molecule has 0 fully saturated rings. The summed E-state index contributed by atoms with van der Waals surface area (Å²) in [5.74, 6) is 0. The van der Waals surface area contributed by atoms with Gasteiger partial charge in [-0.15, -0.1) is 0 Å². The van der Waals surface area contributed by atoms with E-state index in [9.17, 15) is 0 Å². The fourth-order valence-electron chi connectivity index (χ4n) is 1.78. The van der Waals surface area contributed by atoms with Gasteiger partial charge in [-0.25, -0.2) is 0 Å². The van der Waals surface area contributed by atoms with Crippen molar-refractivity contribution in [1.82, 2.24) is 0 Å². The quantitative estimate of drug-likeness (QED) is 0.333. The van der Waals surface area contributed by atoms with Gasteiger partial charge >= 0.3 is 0 Å². The Morgan fingerprint density at radius 3 is 2.31 bits per heavy atom. The fourth-order valence-corrected chi connectivity index (χ4v) is 1.78. The molecule has 0 saturated carbocycles. The summed E-state index contributed by atoms with van der Waals surface area (Å²) in [6.45, 7) is 4.21. The van der Waals surface area contributed by atoms with Crippen molar-refractivity contribution in [2.75, 3.05) is 0 Å². The van der Waals surface area contributed by atoms with Crippen LogP contribution in [0.3, 0.4) is 0 Å². The van der Waals surface area contributed by atoms with Crippen LogP contribution in [0.4, 0.5) is 0 Å². The van der Waals surface area contributed by atoms with E-state index < -0.39 is 0 Å². The lowest BCUT2D eigenvalue weighted by molar-refractivity contribution is 0.318. The Hall–Kier alpha value is -1.31. The van der Waals surface area contributed by atoms with E-state index in [0.717, 1.165) is 24.1 Å². The molecule has 1 N–H and O–H groups in total. The number of rotatable bonds is 6. The van der Waals surface area contributed by atoms with Gasteiger partial charge in [-0.2, -0.15) is 0 Å². The normalized spacial score (nSPS) is 11.8. The van der Waals surface area contributed by atoms with Crippen LogP contribution in [0.5, 0.6) is 0 Å². The summed E-state index contributed by atoms with van der Waals surface area (Å²) in [4.78, 5) is 0. The number of oxime groups is 1. The Labute approximate surface area is 98.0 Å². The minimum atomic E-state index is 0.750. The minimum Gasteiger partial charge on any atom is -0.411 e. The molecule has 0 heterocycles. The maximum atomic E-state index is 8.81. The molecule has 2 heteroatoms. The zero-order chi connectivity index (χ0) is 11.8. The van der Waals surface area contributed by atoms with Gasteiger partial charge in [0.1, 0.15) is 0 Å². The van der Waals surface area contributed by atoms with E-state index in [1.165, 1.54) is 24.8 Å². The molecule has 1 aromatic carbocycles. The zero-order valence-electron chi connectivity index (χ0n) is 10.2. The molecule has 0 bridgehead atoms. The number of hydrogen-bond donors (Lipinski definition) is 1. The van der Waals surface area contributed by atoms with Crippen LogP contribution >= 0.6 is 0 Å². The third-order valence-corrected chi connectivity index (χ3v) is 2.81. The van der Waals surface area contributed by atoms with Crippen molar-refractivity contribution in [1.29, 1.82) is 0 Å². The third-order valence-electron chi connectivity index (χ3n) is 2.81. The second-order valence-electron chi connectivity index (χ2n) is 4.05. The first-order valence-electron chi connectivity index (χ1n) is 6.12.